The Morgan fingerprint density at radius 1 is 0.927 bits per heavy atom. The summed E-state index contributed by atoms with van der Waals surface area (Å²) in [6.45, 7) is 8.81. The van der Waals surface area contributed by atoms with Gasteiger partial charge < -0.3 is 4.98 Å². The summed E-state index contributed by atoms with van der Waals surface area (Å²) in [7, 11) is 0. The van der Waals surface area contributed by atoms with Gasteiger partial charge in [-0.15, -0.1) is 12.3 Å². The van der Waals surface area contributed by atoms with Crippen molar-refractivity contribution in [3.05, 3.63) is 143 Å². The lowest BCUT2D eigenvalue weighted by atomic mass is 9.76. The molecule has 41 heavy (non-hydrogen) atoms. The fourth-order valence-corrected chi connectivity index (χ4v) is 5.96. The predicted octanol–water partition coefficient (Wildman–Crippen LogP) is 10.5. The molecule has 1 aliphatic carbocycles. The van der Waals surface area contributed by atoms with E-state index in [0.29, 0.717) is 5.92 Å². The first-order valence-corrected chi connectivity index (χ1v) is 14.6. The number of H-pyrrole nitrogens is 1. The van der Waals surface area contributed by atoms with Gasteiger partial charge in [-0.1, -0.05) is 110 Å². The molecule has 0 bridgehead atoms. The lowest BCUT2D eigenvalue weighted by molar-refractivity contribution is 0.621. The molecule has 1 aliphatic rings. The number of aromatic nitrogens is 1. The number of fused-ring (bicyclic) bond motifs is 1. The Kier molecular flexibility index (Phi) is 8.71. The molecule has 0 saturated heterocycles. The summed E-state index contributed by atoms with van der Waals surface area (Å²) in [5, 5.41) is 1.27. The zero-order valence-electron chi connectivity index (χ0n) is 24.6. The van der Waals surface area contributed by atoms with Crippen LogP contribution in [0.1, 0.15) is 49.6 Å². The molecule has 0 aliphatic heterocycles. The Bertz CT molecular complexity index is 1710. The third-order valence-corrected chi connectivity index (χ3v) is 8.22. The molecule has 0 spiro atoms. The molecule has 204 valence electrons. The summed E-state index contributed by atoms with van der Waals surface area (Å²) in [4.78, 5) is 3.57. The first kappa shape index (κ1) is 28.0. The predicted molar refractivity (Wildman–Crippen MR) is 178 cm³/mol. The van der Waals surface area contributed by atoms with Gasteiger partial charge in [-0.3, -0.25) is 0 Å². The Balaban J connectivity index is 1.62. The van der Waals surface area contributed by atoms with Crippen LogP contribution < -0.4 is 0 Å². The van der Waals surface area contributed by atoms with Crippen LogP contribution in [-0.2, 0) is 6.42 Å². The second kappa shape index (κ2) is 12.8. The maximum Gasteiger partial charge on any atom is 0.0459 e. The van der Waals surface area contributed by atoms with Crippen LogP contribution in [0.5, 0.6) is 0 Å². The summed E-state index contributed by atoms with van der Waals surface area (Å²) >= 11 is 0. The largest absolute Gasteiger partial charge is 0.358 e. The van der Waals surface area contributed by atoms with E-state index in [0.717, 1.165) is 12.8 Å². The van der Waals surface area contributed by atoms with Crippen LogP contribution in [0.15, 0.2) is 121 Å². The van der Waals surface area contributed by atoms with E-state index in [2.05, 4.69) is 154 Å². The molecule has 2 atom stereocenters. The monoisotopic (exact) mass is 533 g/mol. The second-order valence-corrected chi connectivity index (χ2v) is 11.0. The fourth-order valence-electron chi connectivity index (χ4n) is 5.96. The van der Waals surface area contributed by atoms with E-state index in [1.54, 1.807) is 0 Å². The van der Waals surface area contributed by atoms with Gasteiger partial charge >= 0.3 is 0 Å². The van der Waals surface area contributed by atoms with Crippen LogP contribution in [0, 0.1) is 31.1 Å². The van der Waals surface area contributed by atoms with Crippen molar-refractivity contribution in [3.63, 3.8) is 0 Å². The highest BCUT2D eigenvalue weighted by atomic mass is 14.7. The van der Waals surface area contributed by atoms with Gasteiger partial charge in [0.2, 0.25) is 0 Å². The number of hydrogen-bond donors (Lipinski definition) is 1. The van der Waals surface area contributed by atoms with E-state index in [9.17, 15) is 0 Å². The van der Waals surface area contributed by atoms with Crippen molar-refractivity contribution < 1.29 is 0 Å². The Morgan fingerprint density at radius 2 is 1.66 bits per heavy atom. The van der Waals surface area contributed by atoms with Crippen LogP contribution in [0.4, 0.5) is 0 Å². The smallest absolute Gasteiger partial charge is 0.0459 e. The Hall–Kier alpha value is -4.54. The van der Waals surface area contributed by atoms with Gasteiger partial charge in [-0.2, -0.15) is 0 Å². The third-order valence-electron chi connectivity index (χ3n) is 8.22. The Labute approximate surface area is 245 Å². The molecule has 0 fully saturated rings. The zero-order valence-corrected chi connectivity index (χ0v) is 24.6. The summed E-state index contributed by atoms with van der Waals surface area (Å²) in [6.07, 6.45) is 22.6. The lowest BCUT2D eigenvalue weighted by Crippen LogP contribution is -2.13. The average molecular weight is 534 g/mol. The molecular weight excluding hydrogens is 494 g/mol. The molecule has 3 aromatic carbocycles. The van der Waals surface area contributed by atoms with E-state index in [1.165, 1.54) is 61.1 Å². The van der Waals surface area contributed by atoms with Crippen LogP contribution in [0.25, 0.3) is 33.2 Å². The van der Waals surface area contributed by atoms with E-state index in [-0.39, 0.29) is 5.92 Å². The van der Waals surface area contributed by atoms with Crippen LogP contribution in [0.3, 0.4) is 0 Å². The normalized spacial score (nSPS) is 17.7. The Morgan fingerprint density at radius 3 is 2.37 bits per heavy atom. The molecule has 1 aromatic heterocycles. The number of aryl methyl sites for hydroxylation is 2. The number of nitrogens with one attached hydrogen (secondary N) is 1. The topological polar surface area (TPSA) is 15.8 Å². The first-order chi connectivity index (χ1) is 20.0. The second-order valence-electron chi connectivity index (χ2n) is 11.0. The van der Waals surface area contributed by atoms with Gasteiger partial charge in [0.15, 0.2) is 0 Å². The molecule has 1 nitrogen and oxygen atoms in total. The fraction of sp³-hybridized carbons (Fsp3) is 0.200. The van der Waals surface area contributed by atoms with Gasteiger partial charge in [-0.25, -0.2) is 0 Å². The molecule has 4 aromatic rings. The maximum atomic E-state index is 5.52. The van der Waals surface area contributed by atoms with E-state index < -0.39 is 0 Å². The van der Waals surface area contributed by atoms with Crippen LogP contribution in [-0.4, -0.2) is 4.98 Å². The average Bonchev–Trinajstić information content (AvgIpc) is 3.33. The molecule has 2 unspecified atom stereocenters. The third kappa shape index (κ3) is 5.98. The van der Waals surface area contributed by atoms with Crippen molar-refractivity contribution in [2.75, 3.05) is 0 Å². The molecule has 1 heterocycles. The van der Waals surface area contributed by atoms with Gasteiger partial charge in [0, 0.05) is 28.9 Å². The first-order valence-electron chi connectivity index (χ1n) is 14.6. The molecule has 5 rings (SSSR count). The molecule has 0 saturated carbocycles. The summed E-state index contributed by atoms with van der Waals surface area (Å²) in [5.74, 6) is 3.45. The summed E-state index contributed by atoms with van der Waals surface area (Å²) in [6, 6.07) is 26.7. The molecule has 0 radical (unpaired) electrons. The maximum absolute atomic E-state index is 5.52. The van der Waals surface area contributed by atoms with Gasteiger partial charge in [0.05, 0.1) is 0 Å². The van der Waals surface area contributed by atoms with Gasteiger partial charge in [0.25, 0.3) is 0 Å². The van der Waals surface area contributed by atoms with Crippen LogP contribution in [0.2, 0.25) is 0 Å². The van der Waals surface area contributed by atoms with Crippen molar-refractivity contribution in [2.24, 2.45) is 11.8 Å². The highest BCUT2D eigenvalue weighted by Gasteiger charge is 2.25. The number of benzene rings is 3. The van der Waals surface area contributed by atoms with Crippen LogP contribution >= 0.6 is 0 Å². The number of allylic oxidation sites excluding steroid dienone is 10. The lowest BCUT2D eigenvalue weighted by Gasteiger charge is -2.28. The zero-order chi connectivity index (χ0) is 28.8. The van der Waals surface area contributed by atoms with Gasteiger partial charge in [0.1, 0.15) is 0 Å². The quantitative estimate of drug-likeness (QED) is 0.132. The summed E-state index contributed by atoms with van der Waals surface area (Å²) < 4.78 is 0. The highest BCUT2D eigenvalue weighted by Crippen LogP contribution is 2.42. The number of terminal acetylenes is 1. The minimum atomic E-state index is 0.286. The standard InChI is InChI=1S/C40H39N/c1-6-8-15-29(4)39(40(32-17-11-10-12-18-32)35-19-14-13-16-28(35)3)33-23-21-31(22-24-33)34-25-26-38-36(27-34)30(5)37(41-38)20-9-7-2/h2,6,8,10-19,21-28,35,41H,9,20H2,1,3-5H3. The van der Waals surface area contributed by atoms with Crippen molar-refractivity contribution >= 4 is 22.0 Å². The number of rotatable bonds is 8. The molecular formula is C40H39N. The highest BCUT2D eigenvalue weighted by molar-refractivity contribution is 6.00. The van der Waals surface area contributed by atoms with E-state index in [4.69, 9.17) is 6.42 Å². The van der Waals surface area contributed by atoms with Crippen molar-refractivity contribution in [2.45, 2.75) is 40.5 Å². The number of hydrogen-bond acceptors (Lipinski definition) is 0. The van der Waals surface area contributed by atoms with E-state index >= 15 is 0 Å². The summed E-state index contributed by atoms with van der Waals surface area (Å²) in [5.41, 5.74) is 12.6. The molecule has 1 heteroatoms. The van der Waals surface area contributed by atoms with Crippen molar-refractivity contribution in [3.8, 4) is 23.5 Å². The SMILES string of the molecule is C#CCCc1[nH]c2ccc(-c3ccc(C(C(C)=CC=CC)=C(c4ccccc4)C4C=CC=CC4C)cc3)cc2c1C. The van der Waals surface area contributed by atoms with E-state index in [1.807, 2.05) is 0 Å². The molecule has 0 amide bonds. The molecule has 1 N–H and O–H groups in total. The number of aromatic amines is 1. The minimum Gasteiger partial charge on any atom is -0.358 e. The van der Waals surface area contributed by atoms with Gasteiger partial charge in [-0.05, 0) is 89.8 Å². The van der Waals surface area contributed by atoms with Crippen molar-refractivity contribution in [1.82, 2.24) is 4.98 Å². The minimum absolute atomic E-state index is 0.286. The van der Waals surface area contributed by atoms with Crippen molar-refractivity contribution in [1.29, 1.82) is 0 Å².